The normalized spacial score (nSPS) is 12.0. The van der Waals surface area contributed by atoms with E-state index in [1.165, 1.54) is 0 Å². The first-order valence-corrected chi connectivity index (χ1v) is 4.61. The first kappa shape index (κ1) is 11.9. The van der Waals surface area contributed by atoms with Gasteiger partial charge in [-0.3, -0.25) is 0 Å². The Morgan fingerprint density at radius 1 is 1.17 bits per heavy atom. The van der Waals surface area contributed by atoms with Gasteiger partial charge in [-0.2, -0.15) is 0 Å². The highest BCUT2D eigenvalue weighted by Gasteiger charge is 2.21. The third-order valence-electron chi connectivity index (χ3n) is 2.48. The molecule has 0 aliphatic heterocycles. The summed E-state index contributed by atoms with van der Waals surface area (Å²) < 4.78 is 0. The van der Waals surface area contributed by atoms with Crippen LogP contribution in [0.3, 0.4) is 0 Å². The fourth-order valence-electron chi connectivity index (χ4n) is 1.37. The molecule has 0 spiro atoms. The first-order chi connectivity index (χ1) is 5.74. The van der Waals surface area contributed by atoms with Gasteiger partial charge in [-0.1, -0.05) is 6.92 Å². The Morgan fingerprint density at radius 2 is 1.75 bits per heavy atom. The SMILES string of the molecule is CCC(CC[CH]NC)(NC)NC. The summed E-state index contributed by atoms with van der Waals surface area (Å²) in [4.78, 5) is 0. The molecule has 0 heterocycles. The zero-order valence-corrected chi connectivity index (χ0v) is 8.70. The van der Waals surface area contributed by atoms with Gasteiger partial charge >= 0.3 is 0 Å². The lowest BCUT2D eigenvalue weighted by Crippen LogP contribution is -2.53. The monoisotopic (exact) mass is 172 g/mol. The lowest BCUT2D eigenvalue weighted by molar-refractivity contribution is 0.261. The van der Waals surface area contributed by atoms with E-state index in [1.807, 2.05) is 21.1 Å². The number of hydrogen-bond acceptors (Lipinski definition) is 3. The van der Waals surface area contributed by atoms with Gasteiger partial charge in [0.2, 0.25) is 0 Å². The van der Waals surface area contributed by atoms with Gasteiger partial charge in [0, 0.05) is 6.54 Å². The van der Waals surface area contributed by atoms with Crippen LogP contribution >= 0.6 is 0 Å². The van der Waals surface area contributed by atoms with Crippen LogP contribution < -0.4 is 16.0 Å². The first-order valence-electron chi connectivity index (χ1n) is 4.61. The summed E-state index contributed by atoms with van der Waals surface area (Å²) in [6.45, 7) is 4.27. The topological polar surface area (TPSA) is 36.1 Å². The van der Waals surface area contributed by atoms with Crippen LogP contribution in [-0.2, 0) is 0 Å². The Bertz CT molecular complexity index is 91.7. The minimum atomic E-state index is 0.105. The molecule has 0 rings (SSSR count). The molecule has 0 aromatic rings. The zero-order chi connectivity index (χ0) is 9.45. The predicted octanol–water partition coefficient (Wildman–Crippen LogP) is 0.693. The van der Waals surface area contributed by atoms with Crippen LogP contribution in [0.15, 0.2) is 0 Å². The van der Waals surface area contributed by atoms with Crippen LogP contribution in [0, 0.1) is 6.54 Å². The quantitative estimate of drug-likeness (QED) is 0.391. The third kappa shape index (κ3) is 3.52. The van der Waals surface area contributed by atoms with Crippen molar-refractivity contribution in [3.05, 3.63) is 6.54 Å². The molecule has 73 valence electrons. The fourth-order valence-corrected chi connectivity index (χ4v) is 1.37. The largest absolute Gasteiger partial charge is 0.315 e. The smallest absolute Gasteiger partial charge is 0.0680 e. The summed E-state index contributed by atoms with van der Waals surface area (Å²) in [6.07, 6.45) is 3.28. The van der Waals surface area contributed by atoms with Gasteiger partial charge in [-0.25, -0.2) is 0 Å². The van der Waals surface area contributed by atoms with Crippen LogP contribution in [0.25, 0.3) is 0 Å². The highest BCUT2D eigenvalue weighted by Crippen LogP contribution is 2.12. The Morgan fingerprint density at radius 3 is 2.08 bits per heavy atom. The molecule has 3 nitrogen and oxygen atoms in total. The van der Waals surface area contributed by atoms with Crippen molar-refractivity contribution < 1.29 is 0 Å². The van der Waals surface area contributed by atoms with Crippen molar-refractivity contribution in [2.24, 2.45) is 0 Å². The Hall–Kier alpha value is -0.120. The molecule has 0 aromatic heterocycles. The summed E-state index contributed by atoms with van der Waals surface area (Å²) in [7, 11) is 5.94. The molecule has 0 bridgehead atoms. The maximum Gasteiger partial charge on any atom is 0.0680 e. The van der Waals surface area contributed by atoms with E-state index in [9.17, 15) is 0 Å². The fraction of sp³-hybridized carbons (Fsp3) is 0.889. The van der Waals surface area contributed by atoms with E-state index in [0.29, 0.717) is 0 Å². The minimum Gasteiger partial charge on any atom is -0.315 e. The average molecular weight is 172 g/mol. The van der Waals surface area contributed by atoms with E-state index in [0.717, 1.165) is 19.3 Å². The summed E-state index contributed by atoms with van der Waals surface area (Å²) in [5.74, 6) is 0. The van der Waals surface area contributed by atoms with Gasteiger partial charge < -0.3 is 16.0 Å². The zero-order valence-electron chi connectivity index (χ0n) is 8.70. The Balaban J connectivity index is 3.76. The summed E-state index contributed by atoms with van der Waals surface area (Å²) in [5, 5.41) is 9.66. The van der Waals surface area contributed by atoms with E-state index in [-0.39, 0.29) is 5.66 Å². The average Bonchev–Trinajstić information content (AvgIpc) is 2.14. The second kappa shape index (κ2) is 6.40. The standard InChI is InChI=1S/C9H22N3/c1-5-9(11-3,12-4)7-6-8-10-2/h8,10-12H,5-7H2,1-4H3. The van der Waals surface area contributed by atoms with Crippen LogP contribution in [0.1, 0.15) is 26.2 Å². The van der Waals surface area contributed by atoms with Crippen molar-refractivity contribution in [2.45, 2.75) is 31.8 Å². The van der Waals surface area contributed by atoms with Crippen molar-refractivity contribution in [3.8, 4) is 0 Å². The minimum absolute atomic E-state index is 0.105. The molecule has 0 saturated heterocycles. The summed E-state index contributed by atoms with van der Waals surface area (Å²) in [5.41, 5.74) is 0.105. The van der Waals surface area contributed by atoms with Gasteiger partial charge in [0.05, 0.1) is 5.66 Å². The van der Waals surface area contributed by atoms with Gasteiger partial charge in [0.25, 0.3) is 0 Å². The van der Waals surface area contributed by atoms with E-state index in [2.05, 4.69) is 29.4 Å². The third-order valence-corrected chi connectivity index (χ3v) is 2.48. The van der Waals surface area contributed by atoms with Crippen molar-refractivity contribution in [2.75, 3.05) is 21.1 Å². The predicted molar refractivity (Wildman–Crippen MR) is 53.7 cm³/mol. The van der Waals surface area contributed by atoms with Crippen molar-refractivity contribution >= 4 is 0 Å². The summed E-state index contributed by atoms with van der Waals surface area (Å²) in [6, 6.07) is 0. The second-order valence-corrected chi connectivity index (χ2v) is 2.97. The molecule has 0 atom stereocenters. The summed E-state index contributed by atoms with van der Waals surface area (Å²) >= 11 is 0. The van der Waals surface area contributed by atoms with Crippen molar-refractivity contribution in [3.63, 3.8) is 0 Å². The van der Waals surface area contributed by atoms with Gasteiger partial charge in [0.15, 0.2) is 0 Å². The van der Waals surface area contributed by atoms with Gasteiger partial charge in [-0.05, 0) is 40.4 Å². The van der Waals surface area contributed by atoms with Crippen molar-refractivity contribution in [1.29, 1.82) is 0 Å². The van der Waals surface area contributed by atoms with Crippen LogP contribution in [0.2, 0.25) is 0 Å². The molecule has 0 fully saturated rings. The lowest BCUT2D eigenvalue weighted by Gasteiger charge is -2.32. The maximum atomic E-state index is 3.31. The highest BCUT2D eigenvalue weighted by atomic mass is 15.2. The molecular weight excluding hydrogens is 150 g/mol. The molecule has 0 aliphatic carbocycles. The number of nitrogens with one attached hydrogen (secondary N) is 3. The maximum absolute atomic E-state index is 3.31. The van der Waals surface area contributed by atoms with E-state index in [1.54, 1.807) is 0 Å². The molecule has 12 heavy (non-hydrogen) atoms. The Labute approximate surface area is 76.3 Å². The van der Waals surface area contributed by atoms with Crippen molar-refractivity contribution in [1.82, 2.24) is 16.0 Å². The molecule has 0 amide bonds. The van der Waals surface area contributed by atoms with Crippen LogP contribution in [0.5, 0.6) is 0 Å². The lowest BCUT2D eigenvalue weighted by atomic mass is 10.0. The van der Waals surface area contributed by atoms with E-state index < -0.39 is 0 Å². The number of hydrogen-bond donors (Lipinski definition) is 3. The van der Waals surface area contributed by atoms with Gasteiger partial charge in [-0.15, -0.1) is 0 Å². The second-order valence-electron chi connectivity index (χ2n) is 2.97. The molecular formula is C9H22N3. The molecule has 0 saturated carbocycles. The van der Waals surface area contributed by atoms with Gasteiger partial charge in [0.1, 0.15) is 0 Å². The van der Waals surface area contributed by atoms with E-state index >= 15 is 0 Å². The van der Waals surface area contributed by atoms with E-state index in [4.69, 9.17) is 0 Å². The van der Waals surface area contributed by atoms with Crippen LogP contribution in [0.4, 0.5) is 0 Å². The molecule has 1 radical (unpaired) electrons. The number of rotatable bonds is 7. The molecule has 0 unspecified atom stereocenters. The highest BCUT2D eigenvalue weighted by molar-refractivity contribution is 4.82. The van der Waals surface area contributed by atoms with Crippen LogP contribution in [-0.4, -0.2) is 26.8 Å². The molecule has 0 aliphatic rings. The Kier molecular flexibility index (Phi) is 6.34. The molecule has 3 N–H and O–H groups in total. The molecule has 0 aromatic carbocycles. The molecule has 3 heteroatoms.